The predicted octanol–water partition coefficient (Wildman–Crippen LogP) is 0.685. The molecule has 8 nitrogen and oxygen atoms in total. The Balaban J connectivity index is 0.000000595. The molecule has 0 aromatic heterocycles. The number of carbonyl (C=O) groups is 1. The molecule has 5 fully saturated rings. The van der Waals surface area contributed by atoms with Crippen LogP contribution >= 0.6 is 0 Å². The Kier molecular flexibility index (Phi) is 16.6. The zero-order chi connectivity index (χ0) is 26.0. The largest absolute Gasteiger partial charge is 1.00 e. The molecule has 0 radical (unpaired) electrons. The molecule has 5 rings (SSSR count). The predicted molar refractivity (Wildman–Crippen MR) is 146 cm³/mol. The summed E-state index contributed by atoms with van der Waals surface area (Å²) in [5.74, 6) is -0.728. The van der Waals surface area contributed by atoms with Crippen LogP contribution < -0.4 is 18.9 Å². The van der Waals surface area contributed by atoms with Crippen molar-refractivity contribution in [2.24, 2.45) is 10.8 Å². The van der Waals surface area contributed by atoms with Crippen molar-refractivity contribution in [1.82, 2.24) is 0 Å². The van der Waals surface area contributed by atoms with Crippen LogP contribution in [0.3, 0.4) is 0 Å². The second-order valence-corrected chi connectivity index (χ2v) is 10.9. The molecular weight excluding hydrogens is 498 g/mol. The molecule has 38 heavy (non-hydrogen) atoms. The van der Waals surface area contributed by atoms with Crippen LogP contribution in [0.1, 0.15) is 99.2 Å². The van der Waals surface area contributed by atoms with Crippen LogP contribution in [0.4, 0.5) is 0 Å². The van der Waals surface area contributed by atoms with E-state index in [0.717, 1.165) is 90.6 Å². The average Bonchev–Trinajstić information content (AvgIpc) is 3.72. The van der Waals surface area contributed by atoms with E-state index in [4.69, 9.17) is 28.4 Å². The first-order valence-electron chi connectivity index (χ1n) is 14.3. The van der Waals surface area contributed by atoms with Gasteiger partial charge in [-0.25, -0.2) is 0 Å². The van der Waals surface area contributed by atoms with Crippen LogP contribution in [-0.4, -0.2) is 92.9 Å². The fourth-order valence-electron chi connectivity index (χ4n) is 5.96. The van der Waals surface area contributed by atoms with Crippen LogP contribution in [0.25, 0.3) is 0 Å². The molecule has 2 saturated carbocycles. The third-order valence-corrected chi connectivity index (χ3v) is 8.97. The number of aliphatic hydroxyl groups is 1. The fraction of sp³-hybridized carbons (Fsp3) is 0.964. The van der Waals surface area contributed by atoms with Crippen LogP contribution in [0, 0.1) is 10.8 Å². The zero-order valence-corrected chi connectivity index (χ0v) is 23.9. The standard InChI is InChI=1S/C13H22O4.C11H20O3.C4H8O.Al.Li.4H/c1-3-12(11(14)15-4-2)5-7-13(8-6-12)16-9-10-17-13;1-2-10(9-12)3-5-11(6-4-10)13-7-8-14-11;1-2-4-5-3-1;;;;;;/h3-10H2,1-2H3;12H,2-9H2,1H3;1-4H2;;;;;;/q;;;;+1;;;;-1. The molecule has 2 aliphatic carbocycles. The van der Waals surface area contributed by atoms with Gasteiger partial charge in [-0.2, -0.15) is 0 Å². The van der Waals surface area contributed by atoms with Crippen molar-refractivity contribution >= 4 is 23.3 Å². The summed E-state index contributed by atoms with van der Waals surface area (Å²) < 4.78 is 32.8. The number of hydrogen-bond donors (Lipinski definition) is 1. The molecule has 5 aliphatic rings. The van der Waals surface area contributed by atoms with E-state index in [1.807, 2.05) is 6.92 Å². The third-order valence-electron chi connectivity index (χ3n) is 8.97. The molecule has 218 valence electrons. The van der Waals surface area contributed by atoms with Gasteiger partial charge in [0.25, 0.3) is 0 Å². The van der Waals surface area contributed by atoms with Crippen molar-refractivity contribution in [3.8, 4) is 0 Å². The van der Waals surface area contributed by atoms with Gasteiger partial charge in [-0.05, 0) is 63.7 Å². The minimum absolute atomic E-state index is 0. The number of rotatable bonds is 5. The van der Waals surface area contributed by atoms with Crippen molar-refractivity contribution in [3.63, 3.8) is 0 Å². The van der Waals surface area contributed by atoms with E-state index in [-0.39, 0.29) is 60.2 Å². The van der Waals surface area contributed by atoms with Crippen molar-refractivity contribution in [1.29, 1.82) is 0 Å². The van der Waals surface area contributed by atoms with Gasteiger partial charge in [0, 0.05) is 45.5 Å². The van der Waals surface area contributed by atoms with Gasteiger partial charge in [-0.1, -0.05) is 13.8 Å². The summed E-state index contributed by atoms with van der Waals surface area (Å²) in [6.07, 6.45) is 11.6. The molecule has 3 heterocycles. The SMILES string of the molecule is C1CCOC1.CCC1(CO)CCC2(CC1)OCCO2.CCOC(=O)C1(CC)CCC2(CC1)OCCO2.[AlH3].[H-].[Li+]. The minimum Gasteiger partial charge on any atom is -1.00 e. The van der Waals surface area contributed by atoms with E-state index in [2.05, 4.69) is 13.8 Å². The molecule has 0 aromatic carbocycles. The average molecular weight is 553 g/mol. The second kappa shape index (κ2) is 17.3. The molecule has 0 amide bonds. The van der Waals surface area contributed by atoms with Gasteiger partial charge in [-0.15, -0.1) is 0 Å². The van der Waals surface area contributed by atoms with Crippen molar-refractivity contribution in [2.75, 3.05) is 52.9 Å². The summed E-state index contributed by atoms with van der Waals surface area (Å²) in [7, 11) is 0. The van der Waals surface area contributed by atoms with E-state index >= 15 is 0 Å². The number of aliphatic hydroxyl groups excluding tert-OH is 1. The second-order valence-electron chi connectivity index (χ2n) is 10.9. The first-order valence-corrected chi connectivity index (χ1v) is 14.3. The Bertz CT molecular complexity index is 630. The summed E-state index contributed by atoms with van der Waals surface area (Å²) in [5, 5.41) is 9.39. The maximum atomic E-state index is 12.1. The fourth-order valence-corrected chi connectivity index (χ4v) is 5.96. The monoisotopic (exact) mass is 552 g/mol. The maximum absolute atomic E-state index is 12.1. The Morgan fingerprint density at radius 1 is 0.737 bits per heavy atom. The van der Waals surface area contributed by atoms with E-state index in [0.29, 0.717) is 26.4 Å². The Morgan fingerprint density at radius 3 is 1.50 bits per heavy atom. The van der Waals surface area contributed by atoms with Gasteiger partial charge in [-0.3, -0.25) is 4.79 Å². The minimum atomic E-state index is -0.398. The van der Waals surface area contributed by atoms with Gasteiger partial charge in [0.2, 0.25) is 0 Å². The van der Waals surface area contributed by atoms with E-state index < -0.39 is 5.79 Å². The number of carbonyl (C=O) groups excluding carboxylic acids is 1. The van der Waals surface area contributed by atoms with Gasteiger partial charge in [0.1, 0.15) is 0 Å². The topological polar surface area (TPSA) is 92.7 Å². The number of esters is 1. The van der Waals surface area contributed by atoms with Crippen LogP contribution in [0.15, 0.2) is 0 Å². The summed E-state index contributed by atoms with van der Waals surface area (Å²) in [5.41, 5.74) is -0.170. The van der Waals surface area contributed by atoms with Gasteiger partial charge in [0.05, 0.1) is 38.4 Å². The summed E-state index contributed by atoms with van der Waals surface area (Å²) >= 11 is 0. The summed E-state index contributed by atoms with van der Waals surface area (Å²) in [6.45, 7) is 11.7. The molecule has 2 spiro atoms. The first-order chi connectivity index (χ1) is 17.4. The molecule has 0 unspecified atom stereocenters. The smallest absolute Gasteiger partial charge is 1.00 e. The molecular formula is C28H54AlLiO8. The Morgan fingerprint density at radius 2 is 1.18 bits per heavy atom. The summed E-state index contributed by atoms with van der Waals surface area (Å²) in [6, 6.07) is 0. The molecule has 0 bridgehead atoms. The van der Waals surface area contributed by atoms with Gasteiger partial charge >= 0.3 is 24.8 Å². The Hall–Kier alpha value is 0.360. The van der Waals surface area contributed by atoms with Crippen molar-refractivity contribution in [2.45, 2.75) is 109 Å². The van der Waals surface area contributed by atoms with Crippen LogP contribution in [0.5, 0.6) is 0 Å². The first kappa shape index (κ1) is 36.4. The van der Waals surface area contributed by atoms with E-state index in [1.54, 1.807) is 0 Å². The molecule has 10 heteroatoms. The Labute approximate surface area is 254 Å². The normalized spacial score (nSPS) is 28.2. The van der Waals surface area contributed by atoms with Gasteiger partial charge in [0.15, 0.2) is 28.9 Å². The number of hydrogen-bond acceptors (Lipinski definition) is 8. The van der Waals surface area contributed by atoms with Crippen LogP contribution in [-0.2, 0) is 33.2 Å². The van der Waals surface area contributed by atoms with Crippen LogP contribution in [0.2, 0.25) is 0 Å². The third kappa shape index (κ3) is 9.45. The zero-order valence-electron chi connectivity index (χ0n) is 24.9. The van der Waals surface area contributed by atoms with Crippen molar-refractivity contribution < 1.29 is 58.6 Å². The van der Waals surface area contributed by atoms with Gasteiger partial charge < -0.3 is 35.0 Å². The van der Waals surface area contributed by atoms with E-state index in [9.17, 15) is 9.90 Å². The number of ether oxygens (including phenoxy) is 6. The molecule has 3 aliphatic heterocycles. The maximum Gasteiger partial charge on any atom is 1.00 e. The van der Waals surface area contributed by atoms with E-state index in [1.165, 1.54) is 12.8 Å². The molecule has 1 N–H and O–H groups in total. The quantitative estimate of drug-likeness (QED) is 0.394. The summed E-state index contributed by atoms with van der Waals surface area (Å²) in [4.78, 5) is 12.1. The molecule has 3 saturated heterocycles. The molecule has 0 aromatic rings. The molecule has 0 atom stereocenters. The van der Waals surface area contributed by atoms with Crippen molar-refractivity contribution in [3.05, 3.63) is 0 Å².